The molecule has 0 aliphatic rings. The van der Waals surface area contributed by atoms with E-state index in [0.29, 0.717) is 5.75 Å². The third-order valence-electron chi connectivity index (χ3n) is 3.77. The van der Waals surface area contributed by atoms with Crippen LogP contribution in [0.2, 0.25) is 0 Å². The summed E-state index contributed by atoms with van der Waals surface area (Å²) >= 11 is 7.74. The molecule has 0 spiro atoms. The largest absolute Gasteiger partial charge is 0.323 e. The van der Waals surface area contributed by atoms with E-state index in [1.807, 2.05) is 37.5 Å². The van der Waals surface area contributed by atoms with E-state index in [4.69, 9.17) is 0 Å². The van der Waals surface area contributed by atoms with Crippen LogP contribution in [0.4, 0.5) is 5.69 Å². The van der Waals surface area contributed by atoms with E-state index in [9.17, 15) is 4.79 Å². The number of thiol groups is 1. The highest BCUT2D eigenvalue weighted by molar-refractivity contribution is 9.10. The predicted molar refractivity (Wildman–Crippen MR) is 111 cm³/mol. The van der Waals surface area contributed by atoms with Gasteiger partial charge in [-0.1, -0.05) is 15.9 Å². The highest BCUT2D eigenvalue weighted by Gasteiger charge is 2.06. The Balaban J connectivity index is 1.77. The number of benzene rings is 1. The number of pyridine rings is 1. The van der Waals surface area contributed by atoms with Crippen LogP contribution in [0.25, 0.3) is 17.2 Å². The zero-order chi connectivity index (χ0) is 18.5. The number of rotatable bonds is 5. The van der Waals surface area contributed by atoms with Crippen molar-refractivity contribution < 1.29 is 4.79 Å². The highest BCUT2D eigenvalue weighted by Crippen LogP contribution is 2.24. The van der Waals surface area contributed by atoms with Crippen molar-refractivity contribution in [1.82, 2.24) is 14.8 Å². The van der Waals surface area contributed by atoms with Gasteiger partial charge in [-0.25, -0.2) is 0 Å². The molecule has 7 heteroatoms. The topological polar surface area (TPSA) is 59.8 Å². The number of hydrogen-bond donors (Lipinski definition) is 2. The third kappa shape index (κ3) is 4.42. The molecule has 2 aromatic heterocycles. The smallest absolute Gasteiger partial charge is 0.248 e. The number of aryl methyl sites for hydroxylation is 1. The third-order valence-corrected chi connectivity index (χ3v) is 4.88. The number of nitrogens with one attached hydrogen (secondary N) is 1. The molecule has 0 atom stereocenters. The van der Waals surface area contributed by atoms with Crippen LogP contribution in [-0.4, -0.2) is 20.7 Å². The van der Waals surface area contributed by atoms with Crippen molar-refractivity contribution >= 4 is 46.2 Å². The fourth-order valence-corrected chi connectivity index (χ4v) is 3.35. The molecule has 0 unspecified atom stereocenters. The molecule has 0 saturated heterocycles. The second kappa shape index (κ2) is 8.33. The lowest BCUT2D eigenvalue weighted by Crippen LogP contribution is -2.08. The molecule has 0 aliphatic carbocycles. The van der Waals surface area contributed by atoms with Gasteiger partial charge in [0.15, 0.2) is 0 Å². The van der Waals surface area contributed by atoms with Crippen molar-refractivity contribution in [1.29, 1.82) is 0 Å². The second-order valence-electron chi connectivity index (χ2n) is 5.65. The van der Waals surface area contributed by atoms with Gasteiger partial charge < -0.3 is 5.32 Å². The molecular weight excluding hydrogens is 412 g/mol. The normalized spacial score (nSPS) is 11.0. The van der Waals surface area contributed by atoms with E-state index >= 15 is 0 Å². The van der Waals surface area contributed by atoms with Gasteiger partial charge in [-0.05, 0) is 41.5 Å². The molecule has 3 aromatic rings. The molecule has 26 heavy (non-hydrogen) atoms. The van der Waals surface area contributed by atoms with Crippen LogP contribution in [0.3, 0.4) is 0 Å². The average molecular weight is 429 g/mol. The number of aromatic nitrogens is 3. The minimum absolute atomic E-state index is 0.210. The molecule has 1 N–H and O–H groups in total. The Morgan fingerprint density at radius 3 is 2.92 bits per heavy atom. The van der Waals surface area contributed by atoms with Crippen LogP contribution >= 0.6 is 28.6 Å². The summed E-state index contributed by atoms with van der Waals surface area (Å²) in [6.45, 7) is 0. The van der Waals surface area contributed by atoms with Crippen molar-refractivity contribution in [2.45, 2.75) is 5.75 Å². The van der Waals surface area contributed by atoms with Gasteiger partial charge in [-0.15, -0.1) is 0 Å². The lowest BCUT2D eigenvalue weighted by Gasteiger charge is -2.06. The number of hydrogen-bond acceptors (Lipinski definition) is 4. The average Bonchev–Trinajstić information content (AvgIpc) is 3.08. The van der Waals surface area contributed by atoms with Crippen molar-refractivity contribution in [2.75, 3.05) is 5.32 Å². The summed E-state index contributed by atoms with van der Waals surface area (Å²) in [6.07, 6.45) is 10.4. The summed E-state index contributed by atoms with van der Waals surface area (Å²) in [6, 6.07) is 7.54. The lowest BCUT2D eigenvalue weighted by molar-refractivity contribution is -0.111. The molecule has 2 heterocycles. The van der Waals surface area contributed by atoms with Gasteiger partial charge >= 0.3 is 0 Å². The predicted octanol–water partition coefficient (Wildman–Crippen LogP) is 4.33. The first kappa shape index (κ1) is 18.4. The summed E-state index contributed by atoms with van der Waals surface area (Å²) in [4.78, 5) is 16.4. The van der Waals surface area contributed by atoms with E-state index in [1.165, 1.54) is 6.08 Å². The molecule has 0 fully saturated rings. The van der Waals surface area contributed by atoms with E-state index < -0.39 is 0 Å². The minimum Gasteiger partial charge on any atom is -0.323 e. The Hall–Kier alpha value is -2.38. The van der Waals surface area contributed by atoms with Crippen LogP contribution in [0.1, 0.15) is 11.1 Å². The molecule has 3 rings (SSSR count). The maximum atomic E-state index is 12.3. The highest BCUT2D eigenvalue weighted by atomic mass is 79.9. The fourth-order valence-electron chi connectivity index (χ4n) is 2.49. The maximum absolute atomic E-state index is 12.3. The Morgan fingerprint density at radius 1 is 1.35 bits per heavy atom. The van der Waals surface area contributed by atoms with Gasteiger partial charge in [0.05, 0.1) is 6.20 Å². The van der Waals surface area contributed by atoms with Gasteiger partial charge in [0.1, 0.15) is 0 Å². The monoisotopic (exact) mass is 428 g/mol. The summed E-state index contributed by atoms with van der Waals surface area (Å²) in [7, 11) is 1.87. The van der Waals surface area contributed by atoms with E-state index in [-0.39, 0.29) is 5.91 Å². The first-order chi connectivity index (χ1) is 12.6. The Morgan fingerprint density at radius 2 is 2.19 bits per heavy atom. The Labute approximate surface area is 165 Å². The van der Waals surface area contributed by atoms with Gasteiger partial charge in [0.25, 0.3) is 0 Å². The zero-order valence-electron chi connectivity index (χ0n) is 14.1. The number of anilines is 1. The number of amides is 1. The quantitative estimate of drug-likeness (QED) is 0.469. The Bertz CT molecular complexity index is 968. The van der Waals surface area contributed by atoms with Crippen molar-refractivity contribution in [3.63, 3.8) is 0 Å². The summed E-state index contributed by atoms with van der Waals surface area (Å²) in [5, 5.41) is 7.05. The first-order valence-electron chi connectivity index (χ1n) is 7.88. The van der Waals surface area contributed by atoms with E-state index in [0.717, 1.165) is 32.4 Å². The molecule has 1 aromatic carbocycles. The zero-order valence-corrected chi connectivity index (χ0v) is 16.5. The minimum atomic E-state index is -0.210. The van der Waals surface area contributed by atoms with Gasteiger partial charge in [0, 0.05) is 58.8 Å². The molecule has 5 nitrogen and oxygen atoms in total. The fraction of sp³-hybridized carbons (Fsp3) is 0.105. The van der Waals surface area contributed by atoms with Crippen LogP contribution in [0, 0.1) is 0 Å². The van der Waals surface area contributed by atoms with Crippen LogP contribution in [0.5, 0.6) is 0 Å². The van der Waals surface area contributed by atoms with Crippen LogP contribution in [-0.2, 0) is 17.6 Å². The molecule has 0 bridgehead atoms. The van der Waals surface area contributed by atoms with E-state index in [1.54, 1.807) is 29.3 Å². The number of carbonyl (C=O) groups is 1. The SMILES string of the molecule is Cn1cc(-c2ccncc2/C=C/C(=O)Nc2ccc(Br)c(CS)c2)cn1. The first-order valence-corrected chi connectivity index (χ1v) is 9.31. The van der Waals surface area contributed by atoms with E-state index in [2.05, 4.69) is 44.0 Å². The van der Waals surface area contributed by atoms with Gasteiger partial charge in [-0.3, -0.25) is 14.5 Å². The summed E-state index contributed by atoms with van der Waals surface area (Å²) < 4.78 is 2.71. The molecule has 132 valence electrons. The standard InChI is InChI=1S/C19H17BrN4OS/c1-24-11-15(10-22-24)17-6-7-21-9-13(17)2-5-19(25)23-16-3-4-18(20)14(8-16)12-26/h2-11,26H,12H2,1H3,(H,23,25)/b5-2+. The summed E-state index contributed by atoms with van der Waals surface area (Å²) in [5.41, 5.74) is 4.54. The molecule has 0 radical (unpaired) electrons. The maximum Gasteiger partial charge on any atom is 0.248 e. The number of nitrogens with zero attached hydrogens (tertiary/aromatic N) is 3. The van der Waals surface area contributed by atoms with Crippen LogP contribution < -0.4 is 5.32 Å². The molecule has 0 saturated carbocycles. The lowest BCUT2D eigenvalue weighted by atomic mass is 10.0. The molecule has 0 aliphatic heterocycles. The molecular formula is C19H17BrN4OS. The molecule has 1 amide bonds. The van der Waals surface area contributed by atoms with Crippen molar-refractivity contribution in [2.24, 2.45) is 7.05 Å². The van der Waals surface area contributed by atoms with Crippen LogP contribution in [0.15, 0.2) is 59.6 Å². The van der Waals surface area contributed by atoms with Crippen molar-refractivity contribution in [3.8, 4) is 11.1 Å². The van der Waals surface area contributed by atoms with Crippen molar-refractivity contribution in [3.05, 3.63) is 70.7 Å². The Kier molecular flexibility index (Phi) is 5.90. The number of halogens is 1. The second-order valence-corrected chi connectivity index (χ2v) is 6.82. The summed E-state index contributed by atoms with van der Waals surface area (Å²) in [5.74, 6) is 0.378. The van der Waals surface area contributed by atoms with Gasteiger partial charge in [-0.2, -0.15) is 17.7 Å². The van der Waals surface area contributed by atoms with Gasteiger partial charge in [0.2, 0.25) is 5.91 Å². The number of carbonyl (C=O) groups excluding carboxylic acids is 1.